The number of allylic oxidation sites excluding steroid dienone is 2. The average molecular weight is 293 g/mol. The SMILES string of the molecule is CCCCCCCCCCCC[N+](C)(C)CC1C=CC=C1. The predicted octanol–water partition coefficient (Wildman–Crippen LogP) is 5.73. The van der Waals surface area contributed by atoms with Crippen LogP contribution in [-0.4, -0.2) is 31.7 Å². The van der Waals surface area contributed by atoms with E-state index in [1.54, 1.807) is 0 Å². The Bertz CT molecular complexity index is 289. The minimum absolute atomic E-state index is 0.670. The second kappa shape index (κ2) is 11.1. The van der Waals surface area contributed by atoms with Crippen LogP contribution in [0.15, 0.2) is 24.3 Å². The minimum atomic E-state index is 0.670. The van der Waals surface area contributed by atoms with Gasteiger partial charge in [0, 0.05) is 5.92 Å². The van der Waals surface area contributed by atoms with E-state index in [1.165, 1.54) is 77.3 Å². The molecule has 1 rings (SSSR count). The number of hydrogen-bond donors (Lipinski definition) is 0. The lowest BCUT2D eigenvalue weighted by Crippen LogP contribution is -2.43. The van der Waals surface area contributed by atoms with Gasteiger partial charge in [-0.2, -0.15) is 0 Å². The number of quaternary nitrogens is 1. The van der Waals surface area contributed by atoms with Crippen molar-refractivity contribution in [1.29, 1.82) is 0 Å². The molecule has 0 saturated heterocycles. The minimum Gasteiger partial charge on any atom is -0.328 e. The van der Waals surface area contributed by atoms with Gasteiger partial charge in [-0.25, -0.2) is 0 Å². The molecule has 1 aliphatic rings. The zero-order valence-corrected chi connectivity index (χ0v) is 14.8. The van der Waals surface area contributed by atoms with Crippen LogP contribution in [0.3, 0.4) is 0 Å². The Morgan fingerprint density at radius 1 is 0.714 bits per heavy atom. The molecule has 1 nitrogen and oxygen atoms in total. The van der Waals surface area contributed by atoms with Crippen LogP contribution in [0.4, 0.5) is 0 Å². The summed E-state index contributed by atoms with van der Waals surface area (Å²) >= 11 is 0. The summed E-state index contributed by atoms with van der Waals surface area (Å²) in [5.41, 5.74) is 0. The molecule has 21 heavy (non-hydrogen) atoms. The Morgan fingerprint density at radius 3 is 1.71 bits per heavy atom. The van der Waals surface area contributed by atoms with E-state index in [-0.39, 0.29) is 0 Å². The van der Waals surface area contributed by atoms with E-state index in [2.05, 4.69) is 45.3 Å². The molecule has 0 spiro atoms. The van der Waals surface area contributed by atoms with Crippen LogP contribution in [-0.2, 0) is 0 Å². The van der Waals surface area contributed by atoms with E-state index in [9.17, 15) is 0 Å². The molecule has 122 valence electrons. The van der Waals surface area contributed by atoms with Crippen molar-refractivity contribution in [3.63, 3.8) is 0 Å². The largest absolute Gasteiger partial charge is 0.328 e. The molecule has 0 N–H and O–H groups in total. The first kappa shape index (κ1) is 18.5. The van der Waals surface area contributed by atoms with Gasteiger partial charge >= 0.3 is 0 Å². The van der Waals surface area contributed by atoms with Crippen LogP contribution < -0.4 is 0 Å². The highest BCUT2D eigenvalue weighted by Gasteiger charge is 2.19. The normalized spacial score (nSPS) is 15.2. The topological polar surface area (TPSA) is 0 Å². The molecular weight excluding hydrogens is 254 g/mol. The Morgan fingerprint density at radius 2 is 1.19 bits per heavy atom. The van der Waals surface area contributed by atoms with E-state index in [1.807, 2.05) is 0 Å². The van der Waals surface area contributed by atoms with Crippen molar-refractivity contribution in [2.75, 3.05) is 27.2 Å². The molecule has 0 aliphatic heterocycles. The van der Waals surface area contributed by atoms with Crippen molar-refractivity contribution in [3.8, 4) is 0 Å². The summed E-state index contributed by atoms with van der Waals surface area (Å²) in [4.78, 5) is 0. The number of nitrogens with zero attached hydrogens (tertiary/aromatic N) is 1. The zero-order chi connectivity index (χ0) is 15.4. The molecule has 0 heterocycles. The van der Waals surface area contributed by atoms with Crippen molar-refractivity contribution in [2.24, 2.45) is 5.92 Å². The number of hydrogen-bond acceptors (Lipinski definition) is 0. The number of rotatable bonds is 13. The van der Waals surface area contributed by atoms with Gasteiger partial charge in [0.1, 0.15) is 0 Å². The summed E-state index contributed by atoms with van der Waals surface area (Å²) in [5, 5.41) is 0. The van der Waals surface area contributed by atoms with Gasteiger partial charge in [0.25, 0.3) is 0 Å². The summed E-state index contributed by atoms with van der Waals surface area (Å²) in [6.45, 7) is 4.87. The summed E-state index contributed by atoms with van der Waals surface area (Å²) in [7, 11) is 4.77. The van der Waals surface area contributed by atoms with Gasteiger partial charge in [0.15, 0.2) is 0 Å². The van der Waals surface area contributed by atoms with Crippen LogP contribution in [0.1, 0.15) is 71.1 Å². The molecule has 0 radical (unpaired) electrons. The summed E-state index contributed by atoms with van der Waals surface area (Å²) in [6, 6.07) is 0. The van der Waals surface area contributed by atoms with Gasteiger partial charge in [-0.1, -0.05) is 82.6 Å². The van der Waals surface area contributed by atoms with Crippen molar-refractivity contribution in [1.82, 2.24) is 0 Å². The van der Waals surface area contributed by atoms with Gasteiger partial charge in [0.2, 0.25) is 0 Å². The summed E-state index contributed by atoms with van der Waals surface area (Å²) in [5.74, 6) is 0.670. The molecule has 0 amide bonds. The van der Waals surface area contributed by atoms with Crippen LogP contribution in [0.5, 0.6) is 0 Å². The Balaban J connectivity index is 1.91. The second-order valence-electron chi connectivity index (χ2n) is 7.46. The van der Waals surface area contributed by atoms with Gasteiger partial charge < -0.3 is 4.48 Å². The Labute approximate surface area is 133 Å². The fourth-order valence-electron chi connectivity index (χ4n) is 3.29. The van der Waals surface area contributed by atoms with E-state index in [0.29, 0.717) is 5.92 Å². The molecule has 0 aromatic heterocycles. The monoisotopic (exact) mass is 292 g/mol. The van der Waals surface area contributed by atoms with Gasteiger partial charge in [-0.05, 0) is 12.8 Å². The first-order chi connectivity index (χ1) is 10.1. The highest BCUT2D eigenvalue weighted by molar-refractivity contribution is 5.17. The Kier molecular flexibility index (Phi) is 9.74. The quantitative estimate of drug-likeness (QED) is 0.300. The lowest BCUT2D eigenvalue weighted by molar-refractivity contribution is -0.892. The molecular formula is C20H38N+. The molecule has 0 aromatic carbocycles. The van der Waals surface area contributed by atoms with Crippen LogP contribution in [0.2, 0.25) is 0 Å². The summed E-state index contributed by atoms with van der Waals surface area (Å²) in [6.07, 6.45) is 23.4. The molecule has 1 aliphatic carbocycles. The first-order valence-corrected chi connectivity index (χ1v) is 9.31. The second-order valence-corrected chi connectivity index (χ2v) is 7.46. The van der Waals surface area contributed by atoms with Crippen LogP contribution >= 0.6 is 0 Å². The maximum absolute atomic E-state index is 2.38. The molecule has 0 fully saturated rings. The maximum atomic E-state index is 2.38. The predicted molar refractivity (Wildman–Crippen MR) is 95.5 cm³/mol. The fraction of sp³-hybridized carbons (Fsp3) is 0.800. The third kappa shape index (κ3) is 9.90. The molecule has 0 saturated carbocycles. The number of unbranched alkanes of at least 4 members (excludes halogenated alkanes) is 9. The molecule has 0 aromatic rings. The van der Waals surface area contributed by atoms with Crippen molar-refractivity contribution >= 4 is 0 Å². The molecule has 0 atom stereocenters. The van der Waals surface area contributed by atoms with Gasteiger partial charge in [-0.15, -0.1) is 0 Å². The van der Waals surface area contributed by atoms with Crippen LogP contribution in [0, 0.1) is 5.92 Å². The van der Waals surface area contributed by atoms with Crippen molar-refractivity contribution in [3.05, 3.63) is 24.3 Å². The standard InChI is InChI=1S/C20H38N/c1-4-5-6-7-8-9-10-11-12-15-18-21(2,3)19-20-16-13-14-17-20/h13-14,16-17,20H,4-12,15,18-19H2,1-3H3/q+1. The van der Waals surface area contributed by atoms with Crippen molar-refractivity contribution in [2.45, 2.75) is 71.1 Å². The van der Waals surface area contributed by atoms with Gasteiger partial charge in [-0.3, -0.25) is 0 Å². The fourth-order valence-corrected chi connectivity index (χ4v) is 3.29. The Hall–Kier alpha value is -0.560. The van der Waals surface area contributed by atoms with E-state index in [4.69, 9.17) is 0 Å². The van der Waals surface area contributed by atoms with Crippen LogP contribution in [0.25, 0.3) is 0 Å². The highest BCUT2D eigenvalue weighted by Crippen LogP contribution is 2.16. The molecule has 0 bridgehead atoms. The average Bonchev–Trinajstić information content (AvgIpc) is 2.93. The van der Waals surface area contributed by atoms with Crippen molar-refractivity contribution < 1.29 is 4.48 Å². The third-order valence-corrected chi connectivity index (χ3v) is 4.65. The third-order valence-electron chi connectivity index (χ3n) is 4.65. The van der Waals surface area contributed by atoms with Gasteiger partial charge in [0.05, 0.1) is 27.2 Å². The molecule has 0 unspecified atom stereocenters. The van der Waals surface area contributed by atoms with E-state index in [0.717, 1.165) is 4.48 Å². The lowest BCUT2D eigenvalue weighted by atomic mass is 10.1. The zero-order valence-electron chi connectivity index (χ0n) is 14.8. The summed E-state index contributed by atoms with van der Waals surface area (Å²) < 4.78 is 1.16. The van der Waals surface area contributed by atoms with E-state index < -0.39 is 0 Å². The maximum Gasteiger partial charge on any atom is 0.0881 e. The smallest absolute Gasteiger partial charge is 0.0881 e. The first-order valence-electron chi connectivity index (χ1n) is 9.31. The lowest BCUT2D eigenvalue weighted by Gasteiger charge is -2.31. The highest BCUT2D eigenvalue weighted by atomic mass is 15.3. The van der Waals surface area contributed by atoms with E-state index >= 15 is 0 Å². The molecule has 1 heteroatoms.